The molecule has 0 heterocycles. The van der Waals surface area contributed by atoms with E-state index < -0.39 is 6.10 Å². The lowest BCUT2D eigenvalue weighted by molar-refractivity contribution is 0.173. The Balaban J connectivity index is 2.27. The summed E-state index contributed by atoms with van der Waals surface area (Å²) in [5.74, 6) is 0.314. The lowest BCUT2D eigenvalue weighted by atomic mass is 10.0. The molecular formula is C15H13Br2FO2. The van der Waals surface area contributed by atoms with Crippen LogP contribution in [0.1, 0.15) is 17.2 Å². The summed E-state index contributed by atoms with van der Waals surface area (Å²) in [6.07, 6.45) is -0.363. The van der Waals surface area contributed by atoms with E-state index in [1.165, 1.54) is 12.1 Å². The van der Waals surface area contributed by atoms with Crippen molar-refractivity contribution >= 4 is 31.9 Å². The van der Waals surface area contributed by atoms with Crippen molar-refractivity contribution in [2.75, 3.05) is 7.11 Å². The fraction of sp³-hybridized carbons (Fsp3) is 0.200. The molecule has 0 aliphatic heterocycles. The highest BCUT2D eigenvalue weighted by Gasteiger charge is 2.16. The highest BCUT2D eigenvalue weighted by atomic mass is 79.9. The zero-order valence-electron chi connectivity index (χ0n) is 10.7. The summed E-state index contributed by atoms with van der Waals surface area (Å²) in [6.45, 7) is 0. The summed E-state index contributed by atoms with van der Waals surface area (Å²) in [7, 11) is 1.56. The van der Waals surface area contributed by atoms with Crippen LogP contribution in [-0.4, -0.2) is 12.2 Å². The molecule has 0 amide bonds. The number of hydrogen-bond acceptors (Lipinski definition) is 2. The van der Waals surface area contributed by atoms with E-state index in [2.05, 4.69) is 31.9 Å². The van der Waals surface area contributed by atoms with Gasteiger partial charge in [0, 0.05) is 20.9 Å². The number of ether oxygens (including phenoxy) is 1. The Bertz CT molecular complexity index is 617. The number of aliphatic hydroxyl groups excluding tert-OH is 1. The molecule has 0 aliphatic carbocycles. The smallest absolute Gasteiger partial charge is 0.124 e. The van der Waals surface area contributed by atoms with Gasteiger partial charge in [-0.15, -0.1) is 0 Å². The second kappa shape index (κ2) is 6.70. The number of halogens is 3. The van der Waals surface area contributed by atoms with Crippen LogP contribution in [0.15, 0.2) is 45.3 Å². The third-order valence-electron chi connectivity index (χ3n) is 2.98. The van der Waals surface area contributed by atoms with Gasteiger partial charge in [-0.1, -0.05) is 37.9 Å². The van der Waals surface area contributed by atoms with Gasteiger partial charge in [0.2, 0.25) is 0 Å². The number of methoxy groups -OCH3 is 1. The maximum atomic E-state index is 13.1. The van der Waals surface area contributed by atoms with E-state index in [1.807, 2.05) is 12.1 Å². The Hall–Kier alpha value is -0.910. The molecule has 0 saturated carbocycles. The molecule has 1 unspecified atom stereocenters. The van der Waals surface area contributed by atoms with Crippen molar-refractivity contribution < 1.29 is 14.2 Å². The molecule has 2 aromatic rings. The molecule has 2 aromatic carbocycles. The number of hydrogen-bond donors (Lipinski definition) is 1. The molecule has 0 bridgehead atoms. The van der Waals surface area contributed by atoms with Gasteiger partial charge in [-0.05, 0) is 35.9 Å². The van der Waals surface area contributed by atoms with E-state index in [4.69, 9.17) is 4.74 Å². The van der Waals surface area contributed by atoms with Crippen molar-refractivity contribution in [1.29, 1.82) is 0 Å². The second-order valence-electron chi connectivity index (χ2n) is 4.34. The minimum absolute atomic E-state index is 0.310. The molecule has 1 atom stereocenters. The van der Waals surface area contributed by atoms with Gasteiger partial charge in [0.25, 0.3) is 0 Å². The van der Waals surface area contributed by atoms with E-state index in [0.717, 1.165) is 10.0 Å². The topological polar surface area (TPSA) is 29.5 Å². The maximum Gasteiger partial charge on any atom is 0.124 e. The quantitative estimate of drug-likeness (QED) is 0.805. The molecule has 2 nitrogen and oxygen atoms in total. The average molecular weight is 404 g/mol. The minimum Gasteiger partial charge on any atom is -0.496 e. The molecule has 106 valence electrons. The first kappa shape index (κ1) is 15.5. The van der Waals surface area contributed by atoms with E-state index in [1.54, 1.807) is 19.2 Å². The number of rotatable bonds is 4. The summed E-state index contributed by atoms with van der Waals surface area (Å²) in [5.41, 5.74) is 1.53. The average Bonchev–Trinajstić information content (AvgIpc) is 2.41. The molecule has 0 fully saturated rings. The Kier molecular flexibility index (Phi) is 5.18. The van der Waals surface area contributed by atoms with Crippen LogP contribution in [0.3, 0.4) is 0 Å². The van der Waals surface area contributed by atoms with E-state index in [-0.39, 0.29) is 5.82 Å². The van der Waals surface area contributed by atoms with Crippen LogP contribution >= 0.6 is 31.9 Å². The minimum atomic E-state index is -0.732. The lowest BCUT2D eigenvalue weighted by Gasteiger charge is -2.16. The summed E-state index contributed by atoms with van der Waals surface area (Å²) in [4.78, 5) is 0. The summed E-state index contributed by atoms with van der Waals surface area (Å²) < 4.78 is 19.8. The van der Waals surface area contributed by atoms with Gasteiger partial charge >= 0.3 is 0 Å². The summed E-state index contributed by atoms with van der Waals surface area (Å²) in [6, 6.07) is 9.89. The van der Waals surface area contributed by atoms with Crippen LogP contribution in [0, 0.1) is 5.82 Å². The van der Waals surface area contributed by atoms with Gasteiger partial charge in [-0.2, -0.15) is 0 Å². The van der Waals surface area contributed by atoms with Crippen LogP contribution in [0.4, 0.5) is 4.39 Å². The first-order valence-corrected chi connectivity index (χ1v) is 7.55. The molecule has 0 saturated heterocycles. The zero-order valence-corrected chi connectivity index (χ0v) is 13.9. The fourth-order valence-corrected chi connectivity index (χ4v) is 2.86. The van der Waals surface area contributed by atoms with Gasteiger partial charge in [0.1, 0.15) is 11.6 Å². The van der Waals surface area contributed by atoms with E-state index >= 15 is 0 Å². The van der Waals surface area contributed by atoms with Crippen LogP contribution in [0.2, 0.25) is 0 Å². The molecular weight excluding hydrogens is 391 g/mol. The third kappa shape index (κ3) is 3.59. The first-order chi connectivity index (χ1) is 9.51. The summed E-state index contributed by atoms with van der Waals surface area (Å²) in [5, 5.41) is 10.4. The zero-order chi connectivity index (χ0) is 14.7. The fourth-order valence-electron chi connectivity index (χ4n) is 1.97. The van der Waals surface area contributed by atoms with Gasteiger partial charge in [-0.25, -0.2) is 4.39 Å². The molecule has 1 N–H and O–H groups in total. The normalized spacial score (nSPS) is 12.2. The van der Waals surface area contributed by atoms with Gasteiger partial charge in [0.15, 0.2) is 0 Å². The highest BCUT2D eigenvalue weighted by molar-refractivity contribution is 9.10. The molecule has 5 heteroatoms. The van der Waals surface area contributed by atoms with Gasteiger partial charge in [-0.3, -0.25) is 0 Å². The van der Waals surface area contributed by atoms with Gasteiger partial charge < -0.3 is 9.84 Å². The van der Waals surface area contributed by atoms with Crippen molar-refractivity contribution in [3.8, 4) is 5.75 Å². The monoisotopic (exact) mass is 402 g/mol. The van der Waals surface area contributed by atoms with Crippen LogP contribution < -0.4 is 4.74 Å². The molecule has 0 radical (unpaired) electrons. The third-order valence-corrected chi connectivity index (χ3v) is 4.21. The first-order valence-electron chi connectivity index (χ1n) is 5.96. The molecule has 0 spiro atoms. The molecule has 0 aliphatic rings. The van der Waals surface area contributed by atoms with Crippen LogP contribution in [0.25, 0.3) is 0 Å². The molecule has 0 aromatic heterocycles. The lowest BCUT2D eigenvalue weighted by Crippen LogP contribution is -2.05. The Labute approximate surface area is 133 Å². The predicted octanol–water partition coefficient (Wildman–Crippen LogP) is 4.64. The predicted molar refractivity (Wildman–Crippen MR) is 83.5 cm³/mol. The Morgan fingerprint density at radius 3 is 2.60 bits per heavy atom. The number of benzene rings is 2. The van der Waals surface area contributed by atoms with Crippen molar-refractivity contribution in [1.82, 2.24) is 0 Å². The van der Waals surface area contributed by atoms with Crippen molar-refractivity contribution in [2.24, 2.45) is 0 Å². The van der Waals surface area contributed by atoms with Crippen molar-refractivity contribution in [3.63, 3.8) is 0 Å². The van der Waals surface area contributed by atoms with Crippen LogP contribution in [-0.2, 0) is 6.42 Å². The van der Waals surface area contributed by atoms with Crippen molar-refractivity contribution in [3.05, 3.63) is 62.3 Å². The van der Waals surface area contributed by atoms with Gasteiger partial charge in [0.05, 0.1) is 13.2 Å². The molecule has 2 rings (SSSR count). The SMILES string of the molecule is COc1ccc(Br)cc1C(O)Cc1ccc(F)cc1Br. The highest BCUT2D eigenvalue weighted by Crippen LogP contribution is 2.32. The molecule has 20 heavy (non-hydrogen) atoms. The summed E-state index contributed by atoms with van der Waals surface area (Å²) >= 11 is 6.68. The van der Waals surface area contributed by atoms with Crippen LogP contribution in [0.5, 0.6) is 5.75 Å². The maximum absolute atomic E-state index is 13.1. The second-order valence-corrected chi connectivity index (χ2v) is 6.11. The standard InChI is InChI=1S/C15H13Br2FO2/c1-20-15-5-3-10(16)7-12(15)14(19)6-9-2-4-11(18)8-13(9)17/h2-5,7-8,14,19H,6H2,1H3. The largest absolute Gasteiger partial charge is 0.496 e. The Morgan fingerprint density at radius 2 is 1.95 bits per heavy atom. The van der Waals surface area contributed by atoms with E-state index in [9.17, 15) is 9.50 Å². The van der Waals surface area contributed by atoms with E-state index in [0.29, 0.717) is 22.2 Å². The Morgan fingerprint density at radius 1 is 1.20 bits per heavy atom. The number of aliphatic hydroxyl groups is 1. The van der Waals surface area contributed by atoms with Crippen molar-refractivity contribution in [2.45, 2.75) is 12.5 Å².